The Morgan fingerprint density at radius 1 is 1.21 bits per heavy atom. The molecule has 2 aromatic carbocycles. The molecule has 1 atom stereocenters. The van der Waals surface area contributed by atoms with Gasteiger partial charge in [-0.1, -0.05) is 12.1 Å². The SMILES string of the molecule is CCOC(=O)c1ccc(NC(=O)N2CCSC2c2cccc(C(F)(F)F)c2)cc1. The molecule has 1 aliphatic heterocycles. The van der Waals surface area contributed by atoms with E-state index >= 15 is 0 Å². The lowest BCUT2D eigenvalue weighted by Crippen LogP contribution is -2.34. The van der Waals surface area contributed by atoms with Crippen molar-refractivity contribution in [3.8, 4) is 0 Å². The van der Waals surface area contributed by atoms with Gasteiger partial charge in [-0.05, 0) is 48.9 Å². The summed E-state index contributed by atoms with van der Waals surface area (Å²) in [6.07, 6.45) is -4.44. The molecule has 1 saturated heterocycles. The van der Waals surface area contributed by atoms with Crippen molar-refractivity contribution in [2.24, 2.45) is 0 Å². The topological polar surface area (TPSA) is 58.6 Å². The average Bonchev–Trinajstić information content (AvgIpc) is 3.18. The van der Waals surface area contributed by atoms with E-state index in [2.05, 4.69) is 5.32 Å². The summed E-state index contributed by atoms with van der Waals surface area (Å²) in [5.41, 5.74) is 0.527. The molecule has 1 heterocycles. The average molecular weight is 424 g/mol. The molecule has 1 aliphatic rings. The van der Waals surface area contributed by atoms with E-state index < -0.39 is 29.1 Å². The lowest BCUT2D eigenvalue weighted by molar-refractivity contribution is -0.137. The van der Waals surface area contributed by atoms with Crippen LogP contribution in [0.4, 0.5) is 23.7 Å². The normalized spacial score (nSPS) is 16.6. The lowest BCUT2D eigenvalue weighted by atomic mass is 10.1. The molecule has 0 bridgehead atoms. The zero-order valence-electron chi connectivity index (χ0n) is 15.5. The van der Waals surface area contributed by atoms with E-state index in [1.165, 1.54) is 34.9 Å². The van der Waals surface area contributed by atoms with E-state index in [-0.39, 0.29) is 6.61 Å². The molecule has 29 heavy (non-hydrogen) atoms. The van der Waals surface area contributed by atoms with Crippen LogP contribution in [0.5, 0.6) is 0 Å². The zero-order valence-corrected chi connectivity index (χ0v) is 16.3. The minimum atomic E-state index is -4.44. The second-order valence-corrected chi connectivity index (χ2v) is 7.46. The number of hydrogen-bond donors (Lipinski definition) is 1. The predicted octanol–water partition coefficient (Wildman–Crippen LogP) is 5.16. The highest BCUT2D eigenvalue weighted by Gasteiger charge is 2.34. The van der Waals surface area contributed by atoms with Crippen molar-refractivity contribution >= 4 is 29.4 Å². The number of benzene rings is 2. The van der Waals surface area contributed by atoms with Gasteiger partial charge in [-0.2, -0.15) is 13.2 Å². The van der Waals surface area contributed by atoms with Crippen LogP contribution in [0, 0.1) is 0 Å². The molecule has 0 saturated carbocycles. The molecule has 2 amide bonds. The van der Waals surface area contributed by atoms with Crippen LogP contribution >= 0.6 is 11.8 Å². The van der Waals surface area contributed by atoms with E-state index in [9.17, 15) is 22.8 Å². The number of ether oxygens (including phenoxy) is 1. The number of carbonyl (C=O) groups is 2. The highest BCUT2D eigenvalue weighted by molar-refractivity contribution is 7.99. The summed E-state index contributed by atoms with van der Waals surface area (Å²) in [4.78, 5) is 25.9. The molecule has 2 aromatic rings. The summed E-state index contributed by atoms with van der Waals surface area (Å²) in [7, 11) is 0. The number of urea groups is 1. The maximum Gasteiger partial charge on any atom is 0.416 e. The third-order valence-electron chi connectivity index (χ3n) is 4.30. The number of hydrogen-bond acceptors (Lipinski definition) is 4. The van der Waals surface area contributed by atoms with E-state index in [4.69, 9.17) is 4.74 Å². The van der Waals surface area contributed by atoms with Crippen molar-refractivity contribution in [1.29, 1.82) is 0 Å². The summed E-state index contributed by atoms with van der Waals surface area (Å²) in [6.45, 7) is 2.39. The molecule has 5 nitrogen and oxygen atoms in total. The first-order chi connectivity index (χ1) is 13.8. The number of anilines is 1. The molecule has 154 valence electrons. The van der Waals surface area contributed by atoms with E-state index in [0.717, 1.165) is 12.1 Å². The van der Waals surface area contributed by atoms with Crippen LogP contribution in [0.25, 0.3) is 0 Å². The van der Waals surface area contributed by atoms with E-state index in [1.807, 2.05) is 0 Å². The van der Waals surface area contributed by atoms with Crippen LogP contribution in [0.3, 0.4) is 0 Å². The molecule has 1 fully saturated rings. The number of amides is 2. The van der Waals surface area contributed by atoms with Gasteiger partial charge in [-0.25, -0.2) is 9.59 Å². The van der Waals surface area contributed by atoms with Crippen molar-refractivity contribution < 1.29 is 27.5 Å². The first-order valence-corrected chi connectivity index (χ1v) is 9.98. The first-order valence-electron chi connectivity index (χ1n) is 8.93. The van der Waals surface area contributed by atoms with Gasteiger partial charge in [0, 0.05) is 18.0 Å². The summed E-state index contributed by atoms with van der Waals surface area (Å²) in [5, 5.41) is 2.22. The van der Waals surface area contributed by atoms with Crippen LogP contribution in [0.15, 0.2) is 48.5 Å². The van der Waals surface area contributed by atoms with Crippen LogP contribution in [0.1, 0.15) is 33.8 Å². The molecule has 0 radical (unpaired) electrons. The largest absolute Gasteiger partial charge is 0.462 e. The van der Waals surface area contributed by atoms with Crippen molar-refractivity contribution in [2.45, 2.75) is 18.5 Å². The van der Waals surface area contributed by atoms with Crippen LogP contribution in [-0.4, -0.2) is 35.8 Å². The van der Waals surface area contributed by atoms with Crippen molar-refractivity contribution in [1.82, 2.24) is 4.90 Å². The van der Waals surface area contributed by atoms with Gasteiger partial charge in [-0.15, -0.1) is 11.8 Å². The van der Waals surface area contributed by atoms with Gasteiger partial charge in [0.1, 0.15) is 5.37 Å². The second kappa shape index (κ2) is 8.77. The summed E-state index contributed by atoms with van der Waals surface area (Å²) >= 11 is 1.41. The Morgan fingerprint density at radius 2 is 1.93 bits per heavy atom. The summed E-state index contributed by atoms with van der Waals surface area (Å²) in [5.74, 6) is 0.168. The Hall–Kier alpha value is -2.68. The van der Waals surface area contributed by atoms with Crippen molar-refractivity contribution in [3.05, 3.63) is 65.2 Å². The minimum absolute atomic E-state index is 0.265. The van der Waals surface area contributed by atoms with E-state index in [0.29, 0.717) is 29.1 Å². The van der Waals surface area contributed by atoms with E-state index in [1.54, 1.807) is 25.1 Å². The number of thioether (sulfide) groups is 1. The van der Waals surface area contributed by atoms with Crippen LogP contribution in [-0.2, 0) is 10.9 Å². The Morgan fingerprint density at radius 3 is 2.59 bits per heavy atom. The van der Waals surface area contributed by atoms with Gasteiger partial charge in [0.15, 0.2) is 0 Å². The fourth-order valence-electron chi connectivity index (χ4n) is 2.92. The number of nitrogens with zero attached hydrogens (tertiary/aromatic N) is 1. The van der Waals surface area contributed by atoms with Gasteiger partial charge in [0.25, 0.3) is 0 Å². The molecular formula is C20H19F3N2O3S. The Labute approximate surface area is 170 Å². The van der Waals surface area contributed by atoms with Crippen LogP contribution in [0.2, 0.25) is 0 Å². The minimum Gasteiger partial charge on any atom is -0.462 e. The van der Waals surface area contributed by atoms with Gasteiger partial charge in [0.2, 0.25) is 0 Å². The molecule has 0 aromatic heterocycles. The fourth-order valence-corrected chi connectivity index (χ4v) is 4.17. The quantitative estimate of drug-likeness (QED) is 0.689. The molecule has 3 rings (SSSR count). The first kappa shape index (κ1) is 21.0. The number of alkyl halides is 3. The number of nitrogens with one attached hydrogen (secondary N) is 1. The van der Waals surface area contributed by atoms with Gasteiger partial charge in [0.05, 0.1) is 17.7 Å². The molecule has 9 heteroatoms. The summed E-state index contributed by atoms with van der Waals surface area (Å²) < 4.78 is 43.9. The molecule has 0 spiro atoms. The molecule has 1 unspecified atom stereocenters. The highest BCUT2D eigenvalue weighted by atomic mass is 32.2. The lowest BCUT2D eigenvalue weighted by Gasteiger charge is -2.25. The van der Waals surface area contributed by atoms with Gasteiger partial charge in [-0.3, -0.25) is 0 Å². The smallest absolute Gasteiger partial charge is 0.416 e. The van der Waals surface area contributed by atoms with Crippen molar-refractivity contribution in [2.75, 3.05) is 24.2 Å². The number of rotatable bonds is 4. The zero-order chi connectivity index (χ0) is 21.0. The van der Waals surface area contributed by atoms with Crippen LogP contribution < -0.4 is 5.32 Å². The monoisotopic (exact) mass is 424 g/mol. The molecule has 1 N–H and O–H groups in total. The third kappa shape index (κ3) is 5.03. The Balaban J connectivity index is 1.71. The standard InChI is InChI=1S/C20H19F3N2O3S/c1-2-28-18(26)13-6-8-16(9-7-13)24-19(27)25-10-11-29-17(25)14-4-3-5-15(12-14)20(21,22)23/h3-9,12,17H,2,10-11H2,1H3,(H,24,27). The maximum absolute atomic E-state index is 13.0. The third-order valence-corrected chi connectivity index (χ3v) is 5.56. The molecular weight excluding hydrogens is 405 g/mol. The van der Waals surface area contributed by atoms with Gasteiger partial charge < -0.3 is 15.0 Å². The van der Waals surface area contributed by atoms with Crippen molar-refractivity contribution in [3.63, 3.8) is 0 Å². The second-order valence-electron chi connectivity index (χ2n) is 6.27. The highest BCUT2D eigenvalue weighted by Crippen LogP contribution is 2.40. The fraction of sp³-hybridized carbons (Fsp3) is 0.300. The van der Waals surface area contributed by atoms with Gasteiger partial charge >= 0.3 is 18.2 Å². The Bertz CT molecular complexity index is 887. The number of carbonyl (C=O) groups excluding carboxylic acids is 2. The number of halogens is 3. The predicted molar refractivity (Wildman–Crippen MR) is 105 cm³/mol. The maximum atomic E-state index is 13.0. The Kier molecular flexibility index (Phi) is 6.36. The summed E-state index contributed by atoms with van der Waals surface area (Å²) in [6, 6.07) is 10.8. The number of esters is 1. The molecule has 0 aliphatic carbocycles.